The molecule has 0 saturated heterocycles. The molecule has 106 valence electrons. The molecular formula is C12H20N4O3. The van der Waals surface area contributed by atoms with Crippen molar-refractivity contribution in [2.45, 2.75) is 26.3 Å². The number of aryl methyl sites for hydroxylation is 1. The van der Waals surface area contributed by atoms with Gasteiger partial charge in [-0.15, -0.1) is 6.58 Å². The number of nitrogens with one attached hydrogen (secondary N) is 1. The van der Waals surface area contributed by atoms with Crippen molar-refractivity contribution in [1.82, 2.24) is 20.4 Å². The van der Waals surface area contributed by atoms with Gasteiger partial charge in [-0.25, -0.2) is 4.79 Å². The van der Waals surface area contributed by atoms with Crippen LogP contribution in [0.1, 0.15) is 31.1 Å². The summed E-state index contributed by atoms with van der Waals surface area (Å²) in [6, 6.07) is -0.598. The van der Waals surface area contributed by atoms with E-state index in [0.717, 1.165) is 0 Å². The van der Waals surface area contributed by atoms with Gasteiger partial charge in [0.1, 0.15) is 0 Å². The first-order chi connectivity index (χ1) is 9.12. The summed E-state index contributed by atoms with van der Waals surface area (Å²) < 4.78 is 4.90. The second-order valence-electron chi connectivity index (χ2n) is 4.04. The molecule has 1 atom stereocenters. The molecule has 0 bridgehead atoms. The lowest BCUT2D eigenvalue weighted by atomic mass is 10.2. The number of rotatable bonds is 7. The number of amides is 2. The number of urea groups is 1. The third-order valence-electron chi connectivity index (χ3n) is 2.57. The van der Waals surface area contributed by atoms with Gasteiger partial charge in [0.25, 0.3) is 0 Å². The lowest BCUT2D eigenvalue weighted by molar-refractivity contribution is 0.179. The Bertz CT molecular complexity index is 419. The molecule has 7 heteroatoms. The van der Waals surface area contributed by atoms with E-state index in [0.29, 0.717) is 24.7 Å². The van der Waals surface area contributed by atoms with Crippen LogP contribution in [0.15, 0.2) is 17.2 Å². The van der Waals surface area contributed by atoms with Crippen LogP contribution in [-0.4, -0.2) is 45.9 Å². The summed E-state index contributed by atoms with van der Waals surface area (Å²) in [6.07, 6.45) is 2.25. The number of hydrogen-bond acceptors (Lipinski definition) is 5. The van der Waals surface area contributed by atoms with E-state index in [1.807, 2.05) is 6.92 Å². The Morgan fingerprint density at radius 1 is 1.68 bits per heavy atom. The molecule has 2 N–H and O–H groups in total. The monoisotopic (exact) mass is 268 g/mol. The molecule has 1 aromatic heterocycles. The van der Waals surface area contributed by atoms with Gasteiger partial charge in [0.05, 0.1) is 12.6 Å². The van der Waals surface area contributed by atoms with Crippen LogP contribution >= 0.6 is 0 Å². The summed E-state index contributed by atoms with van der Waals surface area (Å²) in [5.41, 5.74) is 0. The maximum Gasteiger partial charge on any atom is 0.318 e. The molecule has 0 aromatic carbocycles. The van der Waals surface area contributed by atoms with Gasteiger partial charge in [0, 0.05) is 20.0 Å². The zero-order chi connectivity index (χ0) is 14.3. The average molecular weight is 268 g/mol. The van der Waals surface area contributed by atoms with Crippen molar-refractivity contribution in [3.8, 4) is 0 Å². The lowest BCUT2D eigenvalue weighted by Gasteiger charge is -2.23. The van der Waals surface area contributed by atoms with Gasteiger partial charge >= 0.3 is 6.03 Å². The van der Waals surface area contributed by atoms with Crippen molar-refractivity contribution in [3.05, 3.63) is 24.4 Å². The molecule has 2 amide bonds. The molecule has 19 heavy (non-hydrogen) atoms. The number of aliphatic hydroxyl groups is 1. The minimum absolute atomic E-state index is 0.0978. The molecule has 1 unspecified atom stereocenters. The van der Waals surface area contributed by atoms with E-state index in [4.69, 9.17) is 9.63 Å². The highest BCUT2D eigenvalue weighted by atomic mass is 16.5. The Balaban J connectivity index is 2.68. The fourth-order valence-corrected chi connectivity index (χ4v) is 1.60. The maximum absolute atomic E-state index is 12.0. The highest BCUT2D eigenvalue weighted by Crippen LogP contribution is 2.13. The van der Waals surface area contributed by atoms with Crippen molar-refractivity contribution in [2.24, 2.45) is 0 Å². The van der Waals surface area contributed by atoms with Crippen molar-refractivity contribution in [3.63, 3.8) is 0 Å². The van der Waals surface area contributed by atoms with Gasteiger partial charge in [-0.05, 0) is 6.42 Å². The van der Waals surface area contributed by atoms with E-state index in [2.05, 4.69) is 22.0 Å². The first kappa shape index (κ1) is 15.2. The Kier molecular flexibility index (Phi) is 6.01. The second kappa shape index (κ2) is 7.52. The van der Waals surface area contributed by atoms with Crippen LogP contribution in [0.5, 0.6) is 0 Å². The molecule has 0 radical (unpaired) electrons. The maximum atomic E-state index is 12.0. The van der Waals surface area contributed by atoms with Crippen LogP contribution in [0.2, 0.25) is 0 Å². The third-order valence-corrected chi connectivity index (χ3v) is 2.57. The largest absolute Gasteiger partial charge is 0.395 e. The minimum atomic E-state index is -0.309. The number of aromatic nitrogens is 2. The number of nitrogens with zero attached hydrogens (tertiary/aromatic N) is 3. The number of hydrogen-bond donors (Lipinski definition) is 2. The van der Waals surface area contributed by atoms with Crippen LogP contribution in [0, 0.1) is 6.92 Å². The topological polar surface area (TPSA) is 91.5 Å². The van der Waals surface area contributed by atoms with Gasteiger partial charge in [-0.2, -0.15) is 4.98 Å². The highest BCUT2D eigenvalue weighted by molar-refractivity contribution is 5.74. The highest BCUT2D eigenvalue weighted by Gasteiger charge is 2.20. The van der Waals surface area contributed by atoms with Crippen LogP contribution in [-0.2, 0) is 0 Å². The second-order valence-corrected chi connectivity index (χ2v) is 4.04. The Labute approximate surface area is 112 Å². The van der Waals surface area contributed by atoms with Gasteiger partial charge in [-0.3, -0.25) is 0 Å². The molecule has 7 nitrogen and oxygen atoms in total. The number of carbonyl (C=O) groups excluding carboxylic acids is 1. The summed E-state index contributed by atoms with van der Waals surface area (Å²) in [7, 11) is 0. The van der Waals surface area contributed by atoms with E-state index in [1.54, 1.807) is 13.0 Å². The third kappa shape index (κ3) is 4.36. The van der Waals surface area contributed by atoms with Gasteiger partial charge in [-0.1, -0.05) is 18.2 Å². The summed E-state index contributed by atoms with van der Waals surface area (Å²) in [6.45, 7) is 7.72. The zero-order valence-corrected chi connectivity index (χ0v) is 11.3. The quantitative estimate of drug-likeness (QED) is 0.720. The van der Waals surface area contributed by atoms with E-state index in [9.17, 15) is 4.79 Å². The summed E-state index contributed by atoms with van der Waals surface area (Å²) >= 11 is 0. The molecule has 1 rings (SSSR count). The zero-order valence-electron chi connectivity index (χ0n) is 11.3. The van der Waals surface area contributed by atoms with Crippen molar-refractivity contribution in [1.29, 1.82) is 0 Å². The van der Waals surface area contributed by atoms with Gasteiger partial charge in [0.2, 0.25) is 5.89 Å². The van der Waals surface area contributed by atoms with E-state index in [-0.39, 0.29) is 25.2 Å². The van der Waals surface area contributed by atoms with Crippen LogP contribution < -0.4 is 5.32 Å². The molecule has 0 saturated carbocycles. The van der Waals surface area contributed by atoms with Crippen LogP contribution in [0.4, 0.5) is 4.79 Å². The fraction of sp³-hybridized carbons (Fsp3) is 0.583. The van der Waals surface area contributed by atoms with Gasteiger partial charge < -0.3 is 19.8 Å². The molecule has 1 heterocycles. The molecule has 1 aromatic rings. The Morgan fingerprint density at radius 2 is 2.42 bits per heavy atom. The fourth-order valence-electron chi connectivity index (χ4n) is 1.60. The van der Waals surface area contributed by atoms with Crippen molar-refractivity contribution >= 4 is 6.03 Å². The van der Waals surface area contributed by atoms with E-state index in [1.165, 1.54) is 4.90 Å². The number of aliphatic hydroxyl groups excluding tert-OH is 1. The first-order valence-electron chi connectivity index (χ1n) is 6.19. The van der Waals surface area contributed by atoms with Crippen molar-refractivity contribution < 1.29 is 14.4 Å². The SMILES string of the molecule is C=CCN(CCO)C(=O)NC(CC)c1noc(C)n1. The molecular weight excluding hydrogens is 248 g/mol. The van der Waals surface area contributed by atoms with Crippen molar-refractivity contribution in [2.75, 3.05) is 19.7 Å². The smallest absolute Gasteiger partial charge is 0.318 e. The predicted molar refractivity (Wildman–Crippen MR) is 69.5 cm³/mol. The minimum Gasteiger partial charge on any atom is -0.395 e. The van der Waals surface area contributed by atoms with Crippen LogP contribution in [0.25, 0.3) is 0 Å². The molecule has 0 fully saturated rings. The standard InChI is InChI=1S/C12H20N4O3/c1-4-6-16(7-8-17)12(18)14-10(5-2)11-13-9(3)19-15-11/h4,10,17H,1,5-8H2,2-3H3,(H,14,18). The molecule has 0 aliphatic heterocycles. The summed E-state index contributed by atoms with van der Waals surface area (Å²) in [5, 5.41) is 15.5. The molecule has 0 spiro atoms. The predicted octanol–water partition coefficient (Wildman–Crippen LogP) is 1.02. The van der Waals surface area contributed by atoms with E-state index >= 15 is 0 Å². The molecule has 0 aliphatic rings. The molecule has 0 aliphatic carbocycles. The van der Waals surface area contributed by atoms with E-state index < -0.39 is 0 Å². The Hall–Kier alpha value is -1.89. The van der Waals surface area contributed by atoms with Crippen LogP contribution in [0.3, 0.4) is 0 Å². The normalized spacial score (nSPS) is 11.9. The summed E-state index contributed by atoms with van der Waals surface area (Å²) in [5.74, 6) is 0.914. The summed E-state index contributed by atoms with van der Waals surface area (Å²) in [4.78, 5) is 17.6. The Morgan fingerprint density at radius 3 is 2.89 bits per heavy atom. The lowest BCUT2D eigenvalue weighted by Crippen LogP contribution is -2.43. The van der Waals surface area contributed by atoms with Gasteiger partial charge in [0.15, 0.2) is 5.82 Å². The number of carbonyl (C=O) groups is 1. The first-order valence-corrected chi connectivity index (χ1v) is 6.19. The average Bonchev–Trinajstić information content (AvgIpc) is 2.82.